The second-order valence-electron chi connectivity index (χ2n) is 7.12. The van der Waals surface area contributed by atoms with E-state index in [0.717, 1.165) is 44.6 Å². The molecular weight excluding hydrogens is 316 g/mol. The number of amides is 2. The van der Waals surface area contributed by atoms with Gasteiger partial charge in [-0.15, -0.1) is 0 Å². The minimum atomic E-state index is -0.0353. The average Bonchev–Trinajstić information content (AvgIpc) is 3.10. The summed E-state index contributed by atoms with van der Waals surface area (Å²) in [4.78, 5) is 31.6. The van der Waals surface area contributed by atoms with Crippen LogP contribution in [0.5, 0.6) is 0 Å². The van der Waals surface area contributed by atoms with E-state index in [0.29, 0.717) is 18.6 Å². The molecule has 0 radical (unpaired) electrons. The Balaban J connectivity index is 1.66. The largest absolute Gasteiger partial charge is 0.351 e. The summed E-state index contributed by atoms with van der Waals surface area (Å²) >= 11 is 0. The van der Waals surface area contributed by atoms with Crippen molar-refractivity contribution in [1.82, 2.24) is 20.1 Å². The van der Waals surface area contributed by atoms with Crippen LogP contribution in [0.2, 0.25) is 0 Å². The van der Waals surface area contributed by atoms with Gasteiger partial charge >= 0.3 is 0 Å². The summed E-state index contributed by atoms with van der Waals surface area (Å²) in [5.41, 5.74) is 2.20. The molecule has 25 heavy (non-hydrogen) atoms. The van der Waals surface area contributed by atoms with Crippen LogP contribution in [0.4, 0.5) is 0 Å². The number of likely N-dealkylation sites (tertiary alicyclic amines) is 2. The van der Waals surface area contributed by atoms with Crippen molar-refractivity contribution in [3.8, 4) is 0 Å². The fourth-order valence-electron chi connectivity index (χ4n) is 4.11. The lowest BCUT2D eigenvalue weighted by Gasteiger charge is -2.39. The van der Waals surface area contributed by atoms with Gasteiger partial charge in [0.05, 0.1) is 12.2 Å². The number of nitrogens with zero attached hydrogens (tertiary/aromatic N) is 3. The number of carbonyl (C=O) groups excluding carboxylic acids is 2. The predicted molar refractivity (Wildman–Crippen MR) is 95.7 cm³/mol. The minimum Gasteiger partial charge on any atom is -0.351 e. The van der Waals surface area contributed by atoms with Gasteiger partial charge in [-0.05, 0) is 49.9 Å². The monoisotopic (exact) mass is 344 g/mol. The number of hydrogen-bond acceptors (Lipinski definition) is 4. The third-order valence-corrected chi connectivity index (χ3v) is 5.42. The molecule has 2 saturated heterocycles. The van der Waals surface area contributed by atoms with Crippen molar-refractivity contribution in [3.63, 3.8) is 0 Å². The van der Waals surface area contributed by atoms with E-state index in [4.69, 9.17) is 0 Å². The van der Waals surface area contributed by atoms with Crippen LogP contribution in [0.15, 0.2) is 18.3 Å². The average molecular weight is 344 g/mol. The number of rotatable bonds is 4. The minimum absolute atomic E-state index is 0.0353. The number of piperidine rings is 1. The van der Waals surface area contributed by atoms with E-state index in [-0.39, 0.29) is 11.8 Å². The first-order chi connectivity index (χ1) is 12.0. The Morgan fingerprint density at radius 3 is 2.64 bits per heavy atom. The SMILES string of the molecule is CC(=O)NCc1cc([C@@H]2CCCN2C2CCN(C(C)=O)CC2)ccn1. The third-order valence-electron chi connectivity index (χ3n) is 5.42. The van der Waals surface area contributed by atoms with Crippen LogP contribution in [0.25, 0.3) is 0 Å². The summed E-state index contributed by atoms with van der Waals surface area (Å²) in [7, 11) is 0. The zero-order valence-electron chi connectivity index (χ0n) is 15.2. The number of hydrogen-bond donors (Lipinski definition) is 1. The van der Waals surface area contributed by atoms with Crippen molar-refractivity contribution in [2.24, 2.45) is 0 Å². The van der Waals surface area contributed by atoms with Gasteiger partial charge in [-0.3, -0.25) is 19.5 Å². The zero-order valence-corrected chi connectivity index (χ0v) is 15.2. The van der Waals surface area contributed by atoms with Crippen LogP contribution in [0.1, 0.15) is 56.8 Å². The molecule has 0 spiro atoms. The van der Waals surface area contributed by atoms with Crippen LogP contribution in [0.3, 0.4) is 0 Å². The van der Waals surface area contributed by atoms with E-state index in [2.05, 4.69) is 27.3 Å². The molecule has 6 heteroatoms. The van der Waals surface area contributed by atoms with Crippen LogP contribution < -0.4 is 5.32 Å². The van der Waals surface area contributed by atoms with E-state index >= 15 is 0 Å². The Morgan fingerprint density at radius 1 is 1.20 bits per heavy atom. The second kappa shape index (κ2) is 7.95. The van der Waals surface area contributed by atoms with Gasteiger partial charge < -0.3 is 10.2 Å². The van der Waals surface area contributed by atoms with Crippen molar-refractivity contribution in [3.05, 3.63) is 29.6 Å². The van der Waals surface area contributed by atoms with Gasteiger partial charge in [0.2, 0.25) is 11.8 Å². The molecule has 6 nitrogen and oxygen atoms in total. The quantitative estimate of drug-likeness (QED) is 0.905. The summed E-state index contributed by atoms with van der Waals surface area (Å²) in [6.07, 6.45) is 6.33. The predicted octanol–water partition coefficient (Wildman–Crippen LogP) is 1.87. The van der Waals surface area contributed by atoms with Gasteiger partial charge in [0.15, 0.2) is 0 Å². The molecule has 136 valence electrons. The van der Waals surface area contributed by atoms with E-state index in [1.165, 1.54) is 18.9 Å². The van der Waals surface area contributed by atoms with Crippen LogP contribution in [-0.4, -0.2) is 52.3 Å². The molecule has 0 saturated carbocycles. The van der Waals surface area contributed by atoms with Crippen molar-refractivity contribution in [1.29, 1.82) is 0 Å². The van der Waals surface area contributed by atoms with Crippen molar-refractivity contribution in [2.75, 3.05) is 19.6 Å². The van der Waals surface area contributed by atoms with Gasteiger partial charge in [-0.2, -0.15) is 0 Å². The summed E-state index contributed by atoms with van der Waals surface area (Å²) < 4.78 is 0. The first-order valence-electron chi connectivity index (χ1n) is 9.25. The van der Waals surface area contributed by atoms with E-state index in [9.17, 15) is 9.59 Å². The molecule has 0 aliphatic carbocycles. The maximum atomic E-state index is 11.5. The first kappa shape index (κ1) is 17.9. The molecule has 3 rings (SSSR count). The fraction of sp³-hybridized carbons (Fsp3) is 0.632. The smallest absolute Gasteiger partial charge is 0.219 e. The van der Waals surface area contributed by atoms with E-state index < -0.39 is 0 Å². The standard InChI is InChI=1S/C19H28N4O2/c1-14(24)21-13-17-12-16(5-8-20-17)19-4-3-9-23(19)18-6-10-22(11-7-18)15(2)25/h5,8,12,18-19H,3-4,6-7,9-11,13H2,1-2H3,(H,21,24)/t19-/m0/s1. The topological polar surface area (TPSA) is 65.5 Å². The molecule has 2 aliphatic rings. The van der Waals surface area contributed by atoms with Gasteiger partial charge in [0, 0.05) is 45.2 Å². The van der Waals surface area contributed by atoms with Crippen molar-refractivity contribution >= 4 is 11.8 Å². The Bertz CT molecular complexity index is 626. The highest BCUT2D eigenvalue weighted by atomic mass is 16.2. The number of nitrogens with one attached hydrogen (secondary N) is 1. The maximum Gasteiger partial charge on any atom is 0.219 e. The second-order valence-corrected chi connectivity index (χ2v) is 7.12. The van der Waals surface area contributed by atoms with Gasteiger partial charge in [0.1, 0.15) is 0 Å². The summed E-state index contributed by atoms with van der Waals surface area (Å²) in [5.74, 6) is 0.153. The molecule has 2 amide bonds. The molecule has 0 unspecified atom stereocenters. The highest BCUT2D eigenvalue weighted by molar-refractivity contribution is 5.73. The summed E-state index contributed by atoms with van der Waals surface area (Å²) in [5, 5.41) is 2.82. The molecular formula is C19H28N4O2. The Labute approximate surface area is 149 Å². The molecule has 0 bridgehead atoms. The summed E-state index contributed by atoms with van der Waals surface area (Å²) in [6, 6.07) is 5.21. The van der Waals surface area contributed by atoms with Crippen LogP contribution in [-0.2, 0) is 16.1 Å². The summed E-state index contributed by atoms with van der Waals surface area (Å²) in [6.45, 7) is 6.52. The Morgan fingerprint density at radius 2 is 1.96 bits per heavy atom. The Hall–Kier alpha value is -1.95. The highest BCUT2D eigenvalue weighted by Crippen LogP contribution is 2.36. The normalized spacial score (nSPS) is 22.2. The molecule has 0 aromatic carbocycles. The maximum absolute atomic E-state index is 11.5. The van der Waals surface area contributed by atoms with E-state index in [1.54, 1.807) is 6.92 Å². The highest BCUT2D eigenvalue weighted by Gasteiger charge is 2.34. The first-order valence-corrected chi connectivity index (χ1v) is 9.25. The molecule has 1 N–H and O–H groups in total. The zero-order chi connectivity index (χ0) is 17.8. The third kappa shape index (κ3) is 4.37. The van der Waals surface area contributed by atoms with Crippen molar-refractivity contribution in [2.45, 2.75) is 58.2 Å². The lowest BCUT2D eigenvalue weighted by atomic mass is 9.99. The molecule has 2 aliphatic heterocycles. The molecule has 3 heterocycles. The molecule has 1 atom stereocenters. The number of carbonyl (C=O) groups is 2. The van der Waals surface area contributed by atoms with Crippen LogP contribution >= 0.6 is 0 Å². The lowest BCUT2D eigenvalue weighted by Crippen LogP contribution is -2.45. The fourth-order valence-corrected chi connectivity index (χ4v) is 4.11. The molecule has 1 aromatic rings. The number of pyridine rings is 1. The van der Waals surface area contributed by atoms with Crippen molar-refractivity contribution < 1.29 is 9.59 Å². The van der Waals surface area contributed by atoms with Gasteiger partial charge in [0.25, 0.3) is 0 Å². The van der Waals surface area contributed by atoms with Gasteiger partial charge in [-0.1, -0.05) is 0 Å². The molecule has 1 aromatic heterocycles. The van der Waals surface area contributed by atoms with E-state index in [1.807, 2.05) is 11.1 Å². The number of aromatic nitrogens is 1. The lowest BCUT2D eigenvalue weighted by molar-refractivity contribution is -0.130. The molecule has 2 fully saturated rings. The van der Waals surface area contributed by atoms with Crippen LogP contribution in [0, 0.1) is 0 Å². The van der Waals surface area contributed by atoms with Gasteiger partial charge in [-0.25, -0.2) is 0 Å². The Kier molecular flexibility index (Phi) is 5.68.